The van der Waals surface area contributed by atoms with E-state index in [4.69, 9.17) is 4.74 Å². The van der Waals surface area contributed by atoms with E-state index < -0.39 is 17.5 Å². The van der Waals surface area contributed by atoms with Crippen molar-refractivity contribution in [2.75, 3.05) is 20.2 Å². The van der Waals surface area contributed by atoms with E-state index in [1.165, 1.54) is 5.01 Å². The van der Waals surface area contributed by atoms with Crippen LogP contribution in [-0.2, 0) is 16.0 Å². The Morgan fingerprint density at radius 3 is 2.53 bits per heavy atom. The van der Waals surface area contributed by atoms with Crippen molar-refractivity contribution >= 4 is 23.6 Å². The van der Waals surface area contributed by atoms with Gasteiger partial charge in [-0.15, -0.1) is 0 Å². The van der Waals surface area contributed by atoms with Crippen LogP contribution in [0.4, 0.5) is 4.79 Å². The SMILES string of the molecule is COc1ccc(CC[C@@]2(C)NC(=O)N(CC(=O)N3CCC(c4ccccc4)=N3)C2=O)cc1. The van der Waals surface area contributed by atoms with Crippen LogP contribution in [0.1, 0.15) is 30.9 Å². The van der Waals surface area contributed by atoms with Gasteiger partial charge in [-0.05, 0) is 43.0 Å². The zero-order valence-corrected chi connectivity index (χ0v) is 18.2. The Morgan fingerprint density at radius 2 is 1.84 bits per heavy atom. The first-order valence-electron chi connectivity index (χ1n) is 10.6. The molecule has 4 rings (SSSR count). The third-order valence-corrected chi connectivity index (χ3v) is 5.91. The van der Waals surface area contributed by atoms with E-state index in [0.29, 0.717) is 25.8 Å². The minimum Gasteiger partial charge on any atom is -0.497 e. The van der Waals surface area contributed by atoms with Gasteiger partial charge in [0.15, 0.2) is 0 Å². The van der Waals surface area contributed by atoms with Crippen molar-refractivity contribution in [1.29, 1.82) is 0 Å². The number of carbonyl (C=O) groups is 3. The van der Waals surface area contributed by atoms with Crippen LogP contribution in [0.2, 0.25) is 0 Å². The van der Waals surface area contributed by atoms with Crippen LogP contribution >= 0.6 is 0 Å². The fraction of sp³-hybridized carbons (Fsp3) is 0.333. The van der Waals surface area contributed by atoms with Gasteiger partial charge >= 0.3 is 6.03 Å². The molecule has 0 saturated carbocycles. The molecule has 0 unspecified atom stereocenters. The van der Waals surface area contributed by atoms with Gasteiger partial charge in [0.25, 0.3) is 11.8 Å². The number of hydrazone groups is 1. The Balaban J connectivity index is 1.38. The van der Waals surface area contributed by atoms with Gasteiger partial charge in [0, 0.05) is 6.42 Å². The largest absolute Gasteiger partial charge is 0.497 e. The zero-order valence-electron chi connectivity index (χ0n) is 18.2. The number of methoxy groups -OCH3 is 1. The number of aryl methyl sites for hydroxylation is 1. The first-order valence-corrected chi connectivity index (χ1v) is 10.6. The van der Waals surface area contributed by atoms with Gasteiger partial charge < -0.3 is 10.1 Å². The molecule has 2 aliphatic rings. The number of amides is 4. The summed E-state index contributed by atoms with van der Waals surface area (Å²) in [6, 6.07) is 16.7. The average molecular weight is 434 g/mol. The van der Waals surface area contributed by atoms with Crippen LogP contribution in [0.15, 0.2) is 59.7 Å². The van der Waals surface area contributed by atoms with E-state index in [1.807, 2.05) is 54.6 Å². The lowest BCUT2D eigenvalue weighted by molar-refractivity contribution is -0.138. The number of hydrogen-bond acceptors (Lipinski definition) is 5. The third kappa shape index (κ3) is 4.34. The van der Waals surface area contributed by atoms with Crippen molar-refractivity contribution < 1.29 is 19.1 Å². The fourth-order valence-corrected chi connectivity index (χ4v) is 3.93. The number of urea groups is 1. The lowest BCUT2D eigenvalue weighted by Gasteiger charge is -2.22. The van der Waals surface area contributed by atoms with E-state index in [9.17, 15) is 14.4 Å². The Bertz CT molecular complexity index is 1050. The van der Waals surface area contributed by atoms with Crippen LogP contribution in [0.3, 0.4) is 0 Å². The molecule has 2 aromatic rings. The zero-order chi connectivity index (χ0) is 22.7. The van der Waals surface area contributed by atoms with Gasteiger partial charge in [-0.1, -0.05) is 42.5 Å². The third-order valence-electron chi connectivity index (χ3n) is 5.91. The number of imide groups is 1. The van der Waals surface area contributed by atoms with E-state index >= 15 is 0 Å². The summed E-state index contributed by atoms with van der Waals surface area (Å²) >= 11 is 0. The minimum atomic E-state index is -1.05. The molecule has 2 aliphatic heterocycles. The summed E-state index contributed by atoms with van der Waals surface area (Å²) in [5.41, 5.74) is 1.76. The predicted molar refractivity (Wildman–Crippen MR) is 119 cm³/mol. The van der Waals surface area contributed by atoms with Gasteiger partial charge in [0.1, 0.15) is 17.8 Å². The summed E-state index contributed by atoms with van der Waals surface area (Å²) in [5, 5.41) is 8.50. The van der Waals surface area contributed by atoms with E-state index in [-0.39, 0.29) is 12.5 Å². The molecule has 32 heavy (non-hydrogen) atoms. The summed E-state index contributed by atoms with van der Waals surface area (Å²) in [6.07, 6.45) is 1.66. The molecule has 0 bridgehead atoms. The molecule has 8 heteroatoms. The van der Waals surface area contributed by atoms with Gasteiger partial charge in [-0.2, -0.15) is 5.10 Å². The van der Waals surface area contributed by atoms with Gasteiger partial charge in [-0.3, -0.25) is 14.5 Å². The fourth-order valence-electron chi connectivity index (χ4n) is 3.93. The Hall–Kier alpha value is -3.68. The van der Waals surface area contributed by atoms with Crippen molar-refractivity contribution in [3.63, 3.8) is 0 Å². The van der Waals surface area contributed by atoms with E-state index in [0.717, 1.165) is 27.5 Å². The molecule has 1 fully saturated rings. The average Bonchev–Trinajstić information content (AvgIpc) is 3.39. The highest BCUT2D eigenvalue weighted by molar-refractivity contribution is 6.09. The number of ether oxygens (including phenoxy) is 1. The maximum absolute atomic E-state index is 13.0. The van der Waals surface area contributed by atoms with Crippen LogP contribution in [0.5, 0.6) is 5.75 Å². The van der Waals surface area contributed by atoms with Crippen molar-refractivity contribution in [3.8, 4) is 5.75 Å². The standard InChI is InChI=1S/C24H26N4O4/c1-24(14-12-17-8-10-19(32-2)11-9-17)22(30)27(23(31)25-24)16-21(29)28-15-13-20(26-28)18-6-4-3-5-7-18/h3-11H,12-16H2,1-2H3,(H,25,31)/t24-/m1/s1. The lowest BCUT2D eigenvalue weighted by atomic mass is 9.93. The number of rotatable bonds is 7. The first kappa shape index (κ1) is 21.5. The van der Waals surface area contributed by atoms with Crippen LogP contribution in [0.25, 0.3) is 0 Å². The number of nitrogens with one attached hydrogen (secondary N) is 1. The molecule has 8 nitrogen and oxygen atoms in total. The topological polar surface area (TPSA) is 91.3 Å². The van der Waals surface area contributed by atoms with E-state index in [2.05, 4.69) is 10.4 Å². The molecule has 2 heterocycles. The number of nitrogens with zero attached hydrogens (tertiary/aromatic N) is 3. The second kappa shape index (κ2) is 8.82. The van der Waals surface area contributed by atoms with Gasteiger partial charge in [0.05, 0.1) is 19.4 Å². The first-order chi connectivity index (χ1) is 15.4. The summed E-state index contributed by atoms with van der Waals surface area (Å²) in [7, 11) is 1.61. The maximum atomic E-state index is 13.0. The molecular weight excluding hydrogens is 408 g/mol. The highest BCUT2D eigenvalue weighted by Crippen LogP contribution is 2.24. The normalized spacial score (nSPS) is 20.4. The molecule has 0 aliphatic carbocycles. The summed E-state index contributed by atoms with van der Waals surface area (Å²) in [6.45, 7) is 1.80. The lowest BCUT2D eigenvalue weighted by Crippen LogP contribution is -2.45. The van der Waals surface area contributed by atoms with Crippen molar-refractivity contribution in [1.82, 2.24) is 15.2 Å². The molecule has 1 atom stereocenters. The summed E-state index contributed by atoms with van der Waals surface area (Å²) < 4.78 is 5.16. The molecule has 4 amide bonds. The molecular formula is C24H26N4O4. The van der Waals surface area contributed by atoms with Crippen LogP contribution in [0, 0.1) is 0 Å². The maximum Gasteiger partial charge on any atom is 0.325 e. The number of benzene rings is 2. The highest BCUT2D eigenvalue weighted by Gasteiger charge is 2.48. The predicted octanol–water partition coefficient (Wildman–Crippen LogP) is 2.57. The molecule has 1 N–H and O–H groups in total. The van der Waals surface area contributed by atoms with Crippen molar-refractivity contribution in [2.24, 2.45) is 5.10 Å². The smallest absolute Gasteiger partial charge is 0.325 e. The molecule has 0 aromatic heterocycles. The number of carbonyl (C=O) groups excluding carboxylic acids is 3. The highest BCUT2D eigenvalue weighted by atomic mass is 16.5. The number of hydrogen-bond donors (Lipinski definition) is 1. The second-order valence-corrected chi connectivity index (χ2v) is 8.18. The quantitative estimate of drug-likeness (QED) is 0.678. The Labute approximate surface area is 186 Å². The van der Waals surface area contributed by atoms with Gasteiger partial charge in [0.2, 0.25) is 0 Å². The molecule has 1 saturated heterocycles. The van der Waals surface area contributed by atoms with Crippen LogP contribution in [-0.4, -0.2) is 59.2 Å². The van der Waals surface area contributed by atoms with Gasteiger partial charge in [-0.25, -0.2) is 9.80 Å². The minimum absolute atomic E-state index is 0.325. The molecule has 0 radical (unpaired) electrons. The van der Waals surface area contributed by atoms with E-state index in [1.54, 1.807) is 14.0 Å². The summed E-state index contributed by atoms with van der Waals surface area (Å²) in [4.78, 5) is 39.3. The van der Waals surface area contributed by atoms with Crippen molar-refractivity contribution in [3.05, 3.63) is 65.7 Å². The summed E-state index contributed by atoms with van der Waals surface area (Å²) in [5.74, 6) is -0.00968. The second-order valence-electron chi connectivity index (χ2n) is 8.18. The molecule has 0 spiro atoms. The monoisotopic (exact) mass is 434 g/mol. The van der Waals surface area contributed by atoms with Crippen LogP contribution < -0.4 is 10.1 Å². The van der Waals surface area contributed by atoms with Crippen molar-refractivity contribution in [2.45, 2.75) is 31.7 Å². The molecule has 2 aromatic carbocycles. The Kier molecular flexibility index (Phi) is 5.94. The molecule has 166 valence electrons. The Morgan fingerprint density at radius 1 is 1.12 bits per heavy atom.